The SMILES string of the molecule is CC(C)C[C@H](SNC(=O)OC(c1ccccc1)C(C)(C)c1cccc(Cl)c1)C(=O)N[C@H](C=O)C[C@@H]1CCNC1=O. The van der Waals surface area contributed by atoms with Crippen molar-refractivity contribution in [3.8, 4) is 0 Å². The molecule has 0 bridgehead atoms. The summed E-state index contributed by atoms with van der Waals surface area (Å²) in [7, 11) is 0. The van der Waals surface area contributed by atoms with Crippen LogP contribution in [0.25, 0.3) is 0 Å². The molecule has 8 nitrogen and oxygen atoms in total. The van der Waals surface area contributed by atoms with Crippen LogP contribution in [0.15, 0.2) is 54.6 Å². The molecule has 1 fully saturated rings. The molecule has 216 valence electrons. The molecule has 1 unspecified atom stereocenters. The fraction of sp³-hybridized carbons (Fsp3) is 0.467. The third-order valence-electron chi connectivity index (χ3n) is 7.01. The first-order chi connectivity index (χ1) is 19.0. The Bertz CT molecular complexity index is 1180. The minimum Gasteiger partial charge on any atom is -0.440 e. The summed E-state index contributed by atoms with van der Waals surface area (Å²) in [5.41, 5.74) is 1.09. The lowest BCUT2D eigenvalue weighted by Gasteiger charge is -2.35. The third kappa shape index (κ3) is 8.73. The molecule has 3 rings (SSSR count). The summed E-state index contributed by atoms with van der Waals surface area (Å²) in [6.07, 6.45) is 0.650. The topological polar surface area (TPSA) is 114 Å². The monoisotopic (exact) mass is 587 g/mol. The number of hydrogen-bond acceptors (Lipinski definition) is 6. The molecule has 1 heterocycles. The number of halogens is 1. The van der Waals surface area contributed by atoms with E-state index in [2.05, 4.69) is 15.4 Å². The average Bonchev–Trinajstić information content (AvgIpc) is 3.33. The Morgan fingerprint density at radius 2 is 1.90 bits per heavy atom. The van der Waals surface area contributed by atoms with Crippen LogP contribution >= 0.6 is 23.5 Å². The van der Waals surface area contributed by atoms with Gasteiger partial charge in [0.15, 0.2) is 0 Å². The van der Waals surface area contributed by atoms with E-state index in [-0.39, 0.29) is 30.1 Å². The Morgan fingerprint density at radius 1 is 1.18 bits per heavy atom. The number of rotatable bonds is 13. The smallest absolute Gasteiger partial charge is 0.417 e. The van der Waals surface area contributed by atoms with E-state index in [1.165, 1.54) is 0 Å². The number of aldehydes is 1. The standard InChI is InChI=1S/C30H38ClN3O5S/c1-19(2)15-25(28(37)33-24(18-35)16-21-13-14-32-27(21)36)40-34-29(38)39-26(20-9-6-5-7-10-20)30(3,4)22-11-8-12-23(31)17-22/h5-12,17-19,21,24-26H,13-16H2,1-4H3,(H,32,36)(H,33,37)(H,34,38)/t21-,24-,25-,26?/m0/s1. The Hall–Kier alpha value is -3.04. The number of hydrogen-bond donors (Lipinski definition) is 3. The second-order valence-electron chi connectivity index (χ2n) is 11.0. The van der Waals surface area contributed by atoms with E-state index < -0.39 is 28.9 Å². The summed E-state index contributed by atoms with van der Waals surface area (Å²) in [5.74, 6) is -0.645. The van der Waals surface area contributed by atoms with E-state index in [1.807, 2.05) is 76.2 Å². The summed E-state index contributed by atoms with van der Waals surface area (Å²) in [6.45, 7) is 8.47. The van der Waals surface area contributed by atoms with E-state index >= 15 is 0 Å². The zero-order chi connectivity index (χ0) is 29.3. The first kappa shape index (κ1) is 31.5. The normalized spacial score (nSPS) is 17.4. The van der Waals surface area contributed by atoms with Gasteiger partial charge in [0.2, 0.25) is 11.8 Å². The Balaban J connectivity index is 1.70. The maximum atomic E-state index is 13.1. The molecule has 10 heteroatoms. The molecule has 0 saturated carbocycles. The number of amides is 3. The first-order valence-electron chi connectivity index (χ1n) is 13.5. The van der Waals surface area contributed by atoms with Crippen LogP contribution in [-0.2, 0) is 24.5 Å². The number of ether oxygens (including phenoxy) is 1. The summed E-state index contributed by atoms with van der Waals surface area (Å²) in [5, 5.41) is 5.42. The lowest BCUT2D eigenvalue weighted by atomic mass is 9.76. The van der Waals surface area contributed by atoms with Gasteiger partial charge in [-0.25, -0.2) is 4.79 Å². The van der Waals surface area contributed by atoms with Gasteiger partial charge >= 0.3 is 6.09 Å². The highest BCUT2D eigenvalue weighted by molar-refractivity contribution is 7.99. The molecule has 3 amide bonds. The fourth-order valence-corrected chi connectivity index (χ4v) is 5.92. The lowest BCUT2D eigenvalue weighted by molar-refractivity contribution is -0.126. The van der Waals surface area contributed by atoms with Crippen molar-refractivity contribution in [2.24, 2.45) is 11.8 Å². The fourth-order valence-electron chi connectivity index (χ4n) is 4.79. The van der Waals surface area contributed by atoms with E-state index in [0.29, 0.717) is 30.7 Å². The molecule has 0 spiro atoms. The van der Waals surface area contributed by atoms with Gasteiger partial charge in [-0.2, -0.15) is 0 Å². The zero-order valence-corrected chi connectivity index (χ0v) is 24.9. The Labute approximate surface area is 245 Å². The van der Waals surface area contributed by atoms with Crippen LogP contribution in [0.2, 0.25) is 5.02 Å². The molecule has 2 aromatic rings. The van der Waals surface area contributed by atoms with E-state index in [0.717, 1.165) is 23.1 Å². The molecule has 0 aromatic heterocycles. The number of benzene rings is 2. The van der Waals surface area contributed by atoms with Crippen molar-refractivity contribution in [3.63, 3.8) is 0 Å². The van der Waals surface area contributed by atoms with Gasteiger partial charge in [-0.05, 0) is 60.4 Å². The Kier molecular flexibility index (Phi) is 11.5. The van der Waals surface area contributed by atoms with Crippen molar-refractivity contribution in [1.82, 2.24) is 15.4 Å². The average molecular weight is 588 g/mol. The highest BCUT2D eigenvalue weighted by Crippen LogP contribution is 2.40. The number of carbonyl (C=O) groups is 4. The molecule has 2 aromatic carbocycles. The largest absolute Gasteiger partial charge is 0.440 e. The van der Waals surface area contributed by atoms with Crippen LogP contribution in [0.3, 0.4) is 0 Å². The van der Waals surface area contributed by atoms with Gasteiger partial charge < -0.3 is 20.2 Å². The van der Waals surface area contributed by atoms with Crippen LogP contribution in [0.5, 0.6) is 0 Å². The van der Waals surface area contributed by atoms with Crippen molar-refractivity contribution < 1.29 is 23.9 Å². The molecule has 40 heavy (non-hydrogen) atoms. The lowest BCUT2D eigenvalue weighted by Crippen LogP contribution is -2.44. The molecule has 3 N–H and O–H groups in total. The van der Waals surface area contributed by atoms with Crippen LogP contribution in [0.4, 0.5) is 4.79 Å². The summed E-state index contributed by atoms with van der Waals surface area (Å²) in [4.78, 5) is 49.9. The van der Waals surface area contributed by atoms with Crippen molar-refractivity contribution in [2.45, 2.75) is 69.8 Å². The first-order valence-corrected chi connectivity index (χ1v) is 14.7. The summed E-state index contributed by atoms with van der Waals surface area (Å²) < 4.78 is 8.68. The number of nitrogens with one attached hydrogen (secondary N) is 3. The second kappa shape index (κ2) is 14.6. The quantitative estimate of drug-likeness (QED) is 0.215. The van der Waals surface area contributed by atoms with Gasteiger partial charge in [-0.1, -0.05) is 81.8 Å². The van der Waals surface area contributed by atoms with Crippen molar-refractivity contribution in [2.75, 3.05) is 6.54 Å². The predicted octanol–water partition coefficient (Wildman–Crippen LogP) is 5.36. The van der Waals surface area contributed by atoms with Crippen molar-refractivity contribution in [1.29, 1.82) is 0 Å². The minimum atomic E-state index is -0.787. The van der Waals surface area contributed by atoms with Gasteiger partial charge in [-0.3, -0.25) is 14.3 Å². The van der Waals surface area contributed by atoms with Crippen LogP contribution in [0, 0.1) is 11.8 Å². The maximum Gasteiger partial charge on any atom is 0.417 e. The molecule has 0 radical (unpaired) electrons. The van der Waals surface area contributed by atoms with E-state index in [4.69, 9.17) is 16.3 Å². The summed E-state index contributed by atoms with van der Waals surface area (Å²) >= 11 is 7.22. The molecular weight excluding hydrogens is 550 g/mol. The molecule has 1 saturated heterocycles. The second-order valence-corrected chi connectivity index (χ2v) is 12.5. The van der Waals surface area contributed by atoms with Gasteiger partial charge in [0.1, 0.15) is 17.6 Å². The molecule has 1 aliphatic heterocycles. The van der Waals surface area contributed by atoms with Gasteiger partial charge in [0.05, 0.1) is 6.04 Å². The van der Waals surface area contributed by atoms with Crippen molar-refractivity contribution in [3.05, 3.63) is 70.7 Å². The molecule has 0 aliphatic carbocycles. The van der Waals surface area contributed by atoms with E-state index in [1.54, 1.807) is 6.07 Å². The van der Waals surface area contributed by atoms with Crippen LogP contribution in [-0.4, -0.2) is 42.0 Å². The van der Waals surface area contributed by atoms with Crippen molar-refractivity contribution >= 4 is 47.7 Å². The minimum absolute atomic E-state index is 0.104. The molecule has 1 aliphatic rings. The zero-order valence-electron chi connectivity index (χ0n) is 23.3. The predicted molar refractivity (Wildman–Crippen MR) is 158 cm³/mol. The number of carbonyl (C=O) groups excluding carboxylic acids is 4. The van der Waals surface area contributed by atoms with Crippen LogP contribution < -0.4 is 15.4 Å². The maximum absolute atomic E-state index is 13.1. The van der Waals surface area contributed by atoms with E-state index in [9.17, 15) is 19.2 Å². The highest BCUT2D eigenvalue weighted by atomic mass is 35.5. The summed E-state index contributed by atoms with van der Waals surface area (Å²) in [6, 6.07) is 16.1. The molecule has 4 atom stereocenters. The third-order valence-corrected chi connectivity index (χ3v) is 8.22. The highest BCUT2D eigenvalue weighted by Gasteiger charge is 2.36. The van der Waals surface area contributed by atoms with Gasteiger partial charge in [0, 0.05) is 22.9 Å². The van der Waals surface area contributed by atoms with Crippen LogP contribution in [0.1, 0.15) is 64.2 Å². The molecular formula is C30H38ClN3O5S. The van der Waals surface area contributed by atoms with Gasteiger partial charge in [0.25, 0.3) is 0 Å². The Morgan fingerprint density at radius 3 is 2.50 bits per heavy atom. The van der Waals surface area contributed by atoms with Gasteiger partial charge in [-0.15, -0.1) is 0 Å².